The van der Waals surface area contributed by atoms with Crippen molar-refractivity contribution < 1.29 is 14.3 Å². The molecule has 2 rings (SSSR count). The van der Waals surface area contributed by atoms with Gasteiger partial charge in [-0.1, -0.05) is 0 Å². The topological polar surface area (TPSA) is 67.4 Å². The van der Waals surface area contributed by atoms with E-state index in [1.807, 2.05) is 18.4 Å². The zero-order valence-electron chi connectivity index (χ0n) is 13.2. The number of thioether (sulfide) groups is 1. The minimum absolute atomic E-state index is 0.169. The van der Waals surface area contributed by atoms with E-state index >= 15 is 0 Å². The summed E-state index contributed by atoms with van der Waals surface area (Å²) in [7, 11) is 3.11. The zero-order valence-corrected chi connectivity index (χ0v) is 14.0. The number of benzene rings is 2. The molecule has 0 aliphatic rings. The number of rotatable bonds is 5. The van der Waals surface area contributed by atoms with Crippen LogP contribution in [0.4, 0.5) is 5.69 Å². The highest BCUT2D eigenvalue weighted by molar-refractivity contribution is 7.98. The Morgan fingerprint density at radius 2 is 1.74 bits per heavy atom. The lowest BCUT2D eigenvalue weighted by Crippen LogP contribution is -2.18. The van der Waals surface area contributed by atoms with Crippen LogP contribution >= 0.6 is 11.8 Å². The molecule has 120 valence electrons. The molecule has 0 bridgehead atoms. The van der Waals surface area contributed by atoms with Gasteiger partial charge < -0.3 is 15.4 Å². The summed E-state index contributed by atoms with van der Waals surface area (Å²) >= 11 is 1.58. The van der Waals surface area contributed by atoms with Crippen LogP contribution in [0.25, 0.3) is 0 Å². The monoisotopic (exact) mass is 330 g/mol. The van der Waals surface area contributed by atoms with Gasteiger partial charge in [0.05, 0.1) is 12.7 Å². The minimum atomic E-state index is -0.262. The fraction of sp³-hybridized carbons (Fsp3) is 0.176. The predicted molar refractivity (Wildman–Crippen MR) is 92.6 cm³/mol. The average molecular weight is 330 g/mol. The van der Waals surface area contributed by atoms with Gasteiger partial charge in [0.1, 0.15) is 5.75 Å². The van der Waals surface area contributed by atoms with E-state index in [2.05, 4.69) is 10.6 Å². The Morgan fingerprint density at radius 1 is 1.04 bits per heavy atom. The van der Waals surface area contributed by atoms with Gasteiger partial charge >= 0.3 is 0 Å². The first-order valence-electron chi connectivity index (χ1n) is 6.94. The van der Waals surface area contributed by atoms with Crippen LogP contribution < -0.4 is 15.4 Å². The van der Waals surface area contributed by atoms with Gasteiger partial charge in [0, 0.05) is 23.2 Å². The molecule has 0 aromatic heterocycles. The third-order valence-electron chi connectivity index (χ3n) is 3.29. The molecule has 0 spiro atoms. The first-order valence-corrected chi connectivity index (χ1v) is 8.17. The lowest BCUT2D eigenvalue weighted by atomic mass is 10.1. The largest absolute Gasteiger partial charge is 0.496 e. The summed E-state index contributed by atoms with van der Waals surface area (Å²) in [6.07, 6.45) is 1.96. The van der Waals surface area contributed by atoms with Crippen molar-refractivity contribution in [1.29, 1.82) is 0 Å². The Morgan fingerprint density at radius 3 is 2.30 bits per heavy atom. The van der Waals surface area contributed by atoms with Crippen LogP contribution in [0, 0.1) is 0 Å². The second-order valence-electron chi connectivity index (χ2n) is 4.68. The molecule has 0 fully saturated rings. The smallest absolute Gasteiger partial charge is 0.259 e. The number of carbonyl (C=O) groups excluding carboxylic acids is 2. The maximum absolute atomic E-state index is 12.4. The molecular weight excluding hydrogens is 312 g/mol. The lowest BCUT2D eigenvalue weighted by molar-refractivity contribution is 0.0962. The highest BCUT2D eigenvalue weighted by Gasteiger charge is 2.13. The molecule has 0 heterocycles. The molecule has 0 saturated carbocycles. The van der Waals surface area contributed by atoms with Gasteiger partial charge in [-0.05, 0) is 48.7 Å². The Balaban J connectivity index is 2.17. The van der Waals surface area contributed by atoms with Crippen LogP contribution in [0.15, 0.2) is 47.4 Å². The van der Waals surface area contributed by atoms with Crippen molar-refractivity contribution in [3.8, 4) is 5.75 Å². The Labute approximate surface area is 139 Å². The molecule has 0 radical (unpaired) electrons. The normalized spacial score (nSPS) is 10.0. The van der Waals surface area contributed by atoms with Gasteiger partial charge in [0.2, 0.25) is 0 Å². The summed E-state index contributed by atoms with van der Waals surface area (Å²) in [4.78, 5) is 24.9. The average Bonchev–Trinajstić information content (AvgIpc) is 2.60. The van der Waals surface area contributed by atoms with Crippen molar-refractivity contribution in [3.05, 3.63) is 53.6 Å². The van der Waals surface area contributed by atoms with Gasteiger partial charge in [0.15, 0.2) is 0 Å². The molecule has 0 unspecified atom stereocenters. The van der Waals surface area contributed by atoms with Crippen molar-refractivity contribution in [2.75, 3.05) is 25.7 Å². The quantitative estimate of drug-likeness (QED) is 0.827. The fourth-order valence-corrected chi connectivity index (χ4v) is 2.46. The van der Waals surface area contributed by atoms with Gasteiger partial charge in [-0.3, -0.25) is 9.59 Å². The standard InChI is InChI=1S/C17H18N2O3S/c1-18-16(20)11-4-6-12(7-5-11)19-17(21)14-9-8-13(23-3)10-15(14)22-2/h4-10H,1-3H3,(H,18,20)(H,19,21). The number of anilines is 1. The number of amides is 2. The van der Waals surface area contributed by atoms with Crippen molar-refractivity contribution in [2.45, 2.75) is 4.90 Å². The first-order chi connectivity index (χ1) is 11.1. The van der Waals surface area contributed by atoms with Crippen LogP contribution in [0.3, 0.4) is 0 Å². The maximum atomic E-state index is 12.4. The van der Waals surface area contributed by atoms with Gasteiger partial charge in [-0.2, -0.15) is 0 Å². The molecule has 0 aliphatic carbocycles. The van der Waals surface area contributed by atoms with E-state index in [0.717, 1.165) is 4.90 Å². The van der Waals surface area contributed by atoms with E-state index in [9.17, 15) is 9.59 Å². The zero-order chi connectivity index (χ0) is 16.8. The summed E-state index contributed by atoms with van der Waals surface area (Å²) in [5.41, 5.74) is 1.60. The van der Waals surface area contributed by atoms with Crippen molar-refractivity contribution >= 4 is 29.3 Å². The molecule has 0 aliphatic heterocycles. The minimum Gasteiger partial charge on any atom is -0.496 e. The predicted octanol–water partition coefficient (Wildman–Crippen LogP) is 3.03. The highest BCUT2D eigenvalue weighted by Crippen LogP contribution is 2.26. The van der Waals surface area contributed by atoms with E-state index in [-0.39, 0.29) is 11.8 Å². The fourth-order valence-electron chi connectivity index (χ4n) is 2.03. The molecule has 2 aromatic carbocycles. The second-order valence-corrected chi connectivity index (χ2v) is 5.56. The Hall–Kier alpha value is -2.47. The number of methoxy groups -OCH3 is 1. The molecule has 0 atom stereocenters. The Bertz CT molecular complexity index is 714. The highest BCUT2D eigenvalue weighted by atomic mass is 32.2. The van der Waals surface area contributed by atoms with Crippen molar-refractivity contribution in [3.63, 3.8) is 0 Å². The van der Waals surface area contributed by atoms with Crippen LogP contribution in [0.2, 0.25) is 0 Å². The van der Waals surface area contributed by atoms with Crippen molar-refractivity contribution in [2.24, 2.45) is 0 Å². The molecule has 23 heavy (non-hydrogen) atoms. The third kappa shape index (κ3) is 4.04. The molecular formula is C17H18N2O3S. The molecule has 2 N–H and O–H groups in total. The summed E-state index contributed by atoms with van der Waals surface area (Å²) < 4.78 is 5.28. The number of nitrogens with one attached hydrogen (secondary N) is 2. The summed E-state index contributed by atoms with van der Waals surface area (Å²) in [5.74, 6) is 0.0933. The lowest BCUT2D eigenvalue weighted by Gasteiger charge is -2.11. The summed E-state index contributed by atoms with van der Waals surface area (Å²) in [6.45, 7) is 0. The van der Waals surface area contributed by atoms with Crippen LogP contribution in [-0.2, 0) is 0 Å². The first kappa shape index (κ1) is 16.9. The second kappa shape index (κ2) is 7.69. The van der Waals surface area contributed by atoms with E-state index in [1.165, 1.54) is 7.11 Å². The number of hydrogen-bond acceptors (Lipinski definition) is 4. The van der Waals surface area contributed by atoms with E-state index < -0.39 is 0 Å². The van der Waals surface area contributed by atoms with E-state index in [1.54, 1.807) is 49.1 Å². The SMILES string of the molecule is CNC(=O)c1ccc(NC(=O)c2ccc(SC)cc2OC)cc1. The molecule has 2 amide bonds. The van der Waals surface area contributed by atoms with Crippen LogP contribution in [0.5, 0.6) is 5.75 Å². The number of carbonyl (C=O) groups is 2. The molecule has 6 heteroatoms. The van der Waals surface area contributed by atoms with Gasteiger partial charge in [0.25, 0.3) is 11.8 Å². The Kier molecular flexibility index (Phi) is 5.65. The number of ether oxygens (including phenoxy) is 1. The van der Waals surface area contributed by atoms with Gasteiger partial charge in [-0.25, -0.2) is 0 Å². The van der Waals surface area contributed by atoms with E-state index in [0.29, 0.717) is 22.6 Å². The van der Waals surface area contributed by atoms with Gasteiger partial charge in [-0.15, -0.1) is 11.8 Å². The third-order valence-corrected chi connectivity index (χ3v) is 4.01. The van der Waals surface area contributed by atoms with E-state index in [4.69, 9.17) is 4.74 Å². The van der Waals surface area contributed by atoms with Crippen LogP contribution in [-0.4, -0.2) is 32.2 Å². The number of hydrogen-bond donors (Lipinski definition) is 2. The summed E-state index contributed by atoms with van der Waals surface area (Å²) in [6, 6.07) is 12.1. The summed E-state index contributed by atoms with van der Waals surface area (Å²) in [5, 5.41) is 5.35. The molecule has 0 saturated heterocycles. The maximum Gasteiger partial charge on any atom is 0.259 e. The van der Waals surface area contributed by atoms with Crippen LogP contribution in [0.1, 0.15) is 20.7 Å². The molecule has 5 nitrogen and oxygen atoms in total. The van der Waals surface area contributed by atoms with Crippen molar-refractivity contribution in [1.82, 2.24) is 5.32 Å². The molecule has 2 aromatic rings.